The third-order valence-corrected chi connectivity index (χ3v) is 3.49. The van der Waals surface area contributed by atoms with Crippen LogP contribution in [-0.4, -0.2) is 15.8 Å². The van der Waals surface area contributed by atoms with Crippen LogP contribution in [0.3, 0.4) is 0 Å². The number of aryl methyl sites for hydroxylation is 3. The maximum absolute atomic E-state index is 12.6. The number of nitrogens with zero attached hydrogens (tertiary/aromatic N) is 2. The van der Waals surface area contributed by atoms with Crippen molar-refractivity contribution < 1.29 is 9.21 Å². The summed E-state index contributed by atoms with van der Waals surface area (Å²) < 4.78 is 5.54. The first kappa shape index (κ1) is 12.5. The molecule has 20 heavy (non-hydrogen) atoms. The van der Waals surface area contributed by atoms with Gasteiger partial charge in [-0.05, 0) is 20.8 Å². The minimum absolute atomic E-state index is 0.110. The summed E-state index contributed by atoms with van der Waals surface area (Å²) in [7, 11) is 0. The van der Waals surface area contributed by atoms with E-state index in [1.54, 1.807) is 0 Å². The van der Waals surface area contributed by atoms with Crippen molar-refractivity contribution in [1.29, 1.82) is 0 Å². The predicted octanol–water partition coefficient (Wildman–Crippen LogP) is 3.38. The molecule has 0 amide bonds. The molecule has 0 aliphatic carbocycles. The predicted molar refractivity (Wildman–Crippen MR) is 75.9 cm³/mol. The van der Waals surface area contributed by atoms with Gasteiger partial charge in [-0.2, -0.15) is 0 Å². The molecule has 2 aromatic heterocycles. The van der Waals surface area contributed by atoms with Gasteiger partial charge in [-0.1, -0.05) is 29.8 Å². The number of hydrogen-bond donors (Lipinski definition) is 0. The lowest BCUT2D eigenvalue weighted by molar-refractivity contribution is 0.103. The van der Waals surface area contributed by atoms with Gasteiger partial charge in [0.05, 0.1) is 5.39 Å². The van der Waals surface area contributed by atoms with Gasteiger partial charge in [0.2, 0.25) is 11.5 Å². The number of carbonyl (C=O) groups excluding carboxylic acids is 1. The van der Waals surface area contributed by atoms with Crippen LogP contribution in [0, 0.1) is 20.8 Å². The number of rotatable bonds is 2. The molecule has 0 aliphatic heterocycles. The summed E-state index contributed by atoms with van der Waals surface area (Å²) in [6, 6.07) is 7.46. The van der Waals surface area contributed by atoms with E-state index in [-0.39, 0.29) is 5.78 Å². The Bertz CT molecular complexity index is 801. The van der Waals surface area contributed by atoms with E-state index in [0.29, 0.717) is 22.4 Å². The fourth-order valence-electron chi connectivity index (χ4n) is 2.20. The van der Waals surface area contributed by atoms with Gasteiger partial charge in [-0.25, -0.2) is 9.97 Å². The van der Waals surface area contributed by atoms with E-state index in [1.807, 2.05) is 45.0 Å². The molecule has 100 valence electrons. The third-order valence-electron chi connectivity index (χ3n) is 3.49. The molecule has 0 fully saturated rings. The van der Waals surface area contributed by atoms with Crippen molar-refractivity contribution in [3.63, 3.8) is 0 Å². The van der Waals surface area contributed by atoms with Crippen LogP contribution in [0.4, 0.5) is 0 Å². The molecular weight excluding hydrogens is 252 g/mol. The Kier molecular flexibility index (Phi) is 2.86. The fourth-order valence-corrected chi connectivity index (χ4v) is 2.20. The van der Waals surface area contributed by atoms with Crippen LogP contribution in [-0.2, 0) is 0 Å². The highest BCUT2D eigenvalue weighted by Gasteiger charge is 2.19. The average molecular weight is 266 g/mol. The Morgan fingerprint density at radius 1 is 1.05 bits per heavy atom. The van der Waals surface area contributed by atoms with Crippen molar-refractivity contribution in [2.45, 2.75) is 20.8 Å². The largest absolute Gasteiger partial charge is 0.443 e. The number of benzene rings is 1. The van der Waals surface area contributed by atoms with Crippen molar-refractivity contribution in [3.8, 4) is 0 Å². The first-order valence-electron chi connectivity index (χ1n) is 6.40. The highest BCUT2D eigenvalue weighted by Crippen LogP contribution is 2.26. The molecule has 0 N–H and O–H groups in total. The zero-order valence-electron chi connectivity index (χ0n) is 11.6. The maximum atomic E-state index is 12.6. The van der Waals surface area contributed by atoms with Gasteiger partial charge >= 0.3 is 0 Å². The van der Waals surface area contributed by atoms with Crippen LogP contribution >= 0.6 is 0 Å². The average Bonchev–Trinajstić information content (AvgIpc) is 2.74. The number of aromatic nitrogens is 2. The smallest absolute Gasteiger partial charge is 0.230 e. The first-order chi connectivity index (χ1) is 9.58. The molecule has 4 nitrogen and oxygen atoms in total. The molecule has 0 unspecified atom stereocenters. The molecule has 0 atom stereocenters. The second-order valence-electron chi connectivity index (χ2n) is 4.88. The molecule has 0 spiro atoms. The van der Waals surface area contributed by atoms with E-state index in [9.17, 15) is 4.79 Å². The first-order valence-corrected chi connectivity index (χ1v) is 6.40. The SMILES string of the molecule is Cc1ccc(C(=O)c2ncnc3oc(C)c(C)c23)cc1. The van der Waals surface area contributed by atoms with E-state index in [0.717, 1.165) is 16.9 Å². The van der Waals surface area contributed by atoms with Gasteiger partial charge < -0.3 is 4.42 Å². The van der Waals surface area contributed by atoms with Crippen molar-refractivity contribution in [1.82, 2.24) is 9.97 Å². The summed E-state index contributed by atoms with van der Waals surface area (Å²) in [5, 5.41) is 0.704. The van der Waals surface area contributed by atoms with Crippen LogP contribution < -0.4 is 0 Å². The van der Waals surface area contributed by atoms with Crippen molar-refractivity contribution in [3.05, 3.63) is 58.7 Å². The highest BCUT2D eigenvalue weighted by atomic mass is 16.3. The van der Waals surface area contributed by atoms with Crippen LogP contribution in [0.1, 0.15) is 32.9 Å². The lowest BCUT2D eigenvalue weighted by Crippen LogP contribution is -2.05. The van der Waals surface area contributed by atoms with E-state index in [2.05, 4.69) is 9.97 Å². The normalized spacial score (nSPS) is 10.9. The molecule has 0 saturated heterocycles. The van der Waals surface area contributed by atoms with Crippen LogP contribution in [0.15, 0.2) is 35.0 Å². The molecule has 3 aromatic rings. The minimum atomic E-state index is -0.110. The number of ketones is 1. The summed E-state index contributed by atoms with van der Waals surface area (Å²) in [5.41, 5.74) is 3.51. The Morgan fingerprint density at radius 2 is 1.75 bits per heavy atom. The minimum Gasteiger partial charge on any atom is -0.443 e. The molecule has 4 heteroatoms. The second kappa shape index (κ2) is 4.56. The van der Waals surface area contributed by atoms with Crippen molar-refractivity contribution in [2.75, 3.05) is 0 Å². The van der Waals surface area contributed by atoms with Crippen LogP contribution in [0.25, 0.3) is 11.1 Å². The topological polar surface area (TPSA) is 56.0 Å². The number of fused-ring (bicyclic) bond motifs is 1. The van der Waals surface area contributed by atoms with Crippen LogP contribution in [0.5, 0.6) is 0 Å². The van der Waals surface area contributed by atoms with Gasteiger partial charge in [0.1, 0.15) is 17.8 Å². The lowest BCUT2D eigenvalue weighted by atomic mass is 10.0. The fraction of sp³-hybridized carbons (Fsp3) is 0.188. The third kappa shape index (κ3) is 1.90. The molecule has 3 rings (SSSR count). The van der Waals surface area contributed by atoms with E-state index < -0.39 is 0 Å². The number of carbonyl (C=O) groups is 1. The van der Waals surface area contributed by atoms with Crippen molar-refractivity contribution >= 4 is 16.9 Å². The molecule has 0 bridgehead atoms. The zero-order chi connectivity index (χ0) is 14.3. The number of furan rings is 1. The molecule has 0 saturated carbocycles. The number of hydrogen-bond acceptors (Lipinski definition) is 4. The monoisotopic (exact) mass is 266 g/mol. The van der Waals surface area contributed by atoms with E-state index in [1.165, 1.54) is 6.33 Å². The summed E-state index contributed by atoms with van der Waals surface area (Å²) in [5.74, 6) is 0.653. The molecule has 0 aliphatic rings. The summed E-state index contributed by atoms with van der Waals surface area (Å²) in [6.07, 6.45) is 1.37. The highest BCUT2D eigenvalue weighted by molar-refractivity contribution is 6.14. The quantitative estimate of drug-likeness (QED) is 0.667. The van der Waals surface area contributed by atoms with Gasteiger partial charge in [-0.15, -0.1) is 0 Å². The Morgan fingerprint density at radius 3 is 2.45 bits per heavy atom. The summed E-state index contributed by atoms with van der Waals surface area (Å²) >= 11 is 0. The van der Waals surface area contributed by atoms with Gasteiger partial charge in [0, 0.05) is 11.1 Å². The summed E-state index contributed by atoms with van der Waals surface area (Å²) in [4.78, 5) is 20.8. The van der Waals surface area contributed by atoms with E-state index >= 15 is 0 Å². The lowest BCUT2D eigenvalue weighted by Gasteiger charge is -2.02. The Labute approximate surface area is 116 Å². The molecule has 0 radical (unpaired) electrons. The van der Waals surface area contributed by atoms with Gasteiger partial charge in [0.15, 0.2) is 0 Å². The van der Waals surface area contributed by atoms with Gasteiger partial charge in [0.25, 0.3) is 0 Å². The second-order valence-corrected chi connectivity index (χ2v) is 4.88. The summed E-state index contributed by atoms with van der Waals surface area (Å²) in [6.45, 7) is 5.76. The van der Waals surface area contributed by atoms with E-state index in [4.69, 9.17) is 4.42 Å². The van der Waals surface area contributed by atoms with Gasteiger partial charge in [-0.3, -0.25) is 4.79 Å². The Balaban J connectivity index is 2.19. The Hall–Kier alpha value is -2.49. The van der Waals surface area contributed by atoms with Crippen molar-refractivity contribution in [2.24, 2.45) is 0 Å². The standard InChI is InChI=1S/C16H14N2O2/c1-9-4-6-12(7-5-9)15(19)14-13-10(2)11(3)20-16(13)18-8-17-14/h4-8H,1-3H3. The maximum Gasteiger partial charge on any atom is 0.230 e. The molecule has 1 aromatic carbocycles. The molecule has 2 heterocycles. The zero-order valence-corrected chi connectivity index (χ0v) is 11.6. The molecular formula is C16H14N2O2. The van der Waals surface area contributed by atoms with Crippen LogP contribution in [0.2, 0.25) is 0 Å².